The number of aromatic nitrogens is 1. The van der Waals surface area contributed by atoms with Gasteiger partial charge in [0.2, 0.25) is 5.75 Å². The molecule has 0 saturated carbocycles. The fourth-order valence-corrected chi connectivity index (χ4v) is 4.18. The highest BCUT2D eigenvalue weighted by molar-refractivity contribution is 8.93. The Kier molecular flexibility index (Phi) is 9.49. The van der Waals surface area contributed by atoms with Crippen molar-refractivity contribution in [3.8, 4) is 17.2 Å². The maximum atomic E-state index is 13.2. The van der Waals surface area contributed by atoms with E-state index in [4.69, 9.17) is 19.1 Å². The minimum Gasteiger partial charge on any atom is -0.493 e. The van der Waals surface area contributed by atoms with Crippen molar-refractivity contribution in [2.45, 2.75) is 13.5 Å². The molecule has 14 heteroatoms. The number of methoxy groups -OCH3 is 1. The van der Waals surface area contributed by atoms with Crippen molar-refractivity contribution in [2.75, 3.05) is 52.6 Å². The van der Waals surface area contributed by atoms with Crippen LogP contribution in [0.15, 0.2) is 18.2 Å². The zero-order valence-electron chi connectivity index (χ0n) is 21.4. The number of rotatable bonds is 10. The molecule has 2 aromatic rings. The monoisotopic (exact) mass is 599 g/mol. The maximum Gasteiger partial charge on any atom is 0.306 e. The summed E-state index contributed by atoms with van der Waals surface area (Å²) in [5, 5.41) is 11.1. The van der Waals surface area contributed by atoms with Crippen molar-refractivity contribution in [2.24, 2.45) is 0 Å². The summed E-state index contributed by atoms with van der Waals surface area (Å²) >= 11 is 0. The number of hydrogen-bond acceptors (Lipinski definition) is 10. The molecule has 2 heterocycles. The number of benzene rings is 1. The summed E-state index contributed by atoms with van der Waals surface area (Å²) in [7, 11) is 2.33. The molecule has 1 aliphatic heterocycles. The zero-order valence-corrected chi connectivity index (χ0v) is 23.9. The standard InChI is InChI=1S/C23H29N5O7S.BrH/c1-7-34-17-10-14-11-28(22(24)19(14)26-20(17)23(30)25-2)12-16(29)13-8-15(27(3)4)21(18(9-13)33-5)35-36(6,31)32;/h8-10,24H,7,11-12H2,1-6H3,(H,25,30);1H. The van der Waals surface area contributed by atoms with Gasteiger partial charge < -0.3 is 28.8 Å². The minimum atomic E-state index is -3.85. The van der Waals surface area contributed by atoms with Gasteiger partial charge in [-0.2, -0.15) is 8.42 Å². The SMILES string of the molecule is Br.CCOc1cc2c(nc1C(=O)NC)C(=N)N(CC(=O)c1cc(OC)c(OS(C)(=O)=O)c(N(C)C)c1)C2. The Hall–Kier alpha value is -3.39. The molecule has 0 unspecified atom stereocenters. The van der Waals surface area contributed by atoms with E-state index in [1.807, 2.05) is 0 Å². The number of hydrogen-bond donors (Lipinski definition) is 2. The number of amides is 1. The molecule has 0 atom stereocenters. The number of carbonyl (C=O) groups excluding carboxylic acids is 2. The summed E-state index contributed by atoms with van der Waals surface area (Å²) < 4.78 is 39.5. The van der Waals surface area contributed by atoms with Crippen LogP contribution in [0.3, 0.4) is 0 Å². The molecule has 202 valence electrons. The van der Waals surface area contributed by atoms with Gasteiger partial charge in [0.25, 0.3) is 5.91 Å². The van der Waals surface area contributed by atoms with Crippen molar-refractivity contribution in [1.29, 1.82) is 5.41 Å². The normalized spacial score (nSPS) is 12.4. The molecular weight excluding hydrogens is 570 g/mol. The summed E-state index contributed by atoms with van der Waals surface area (Å²) in [4.78, 5) is 33.0. The molecule has 1 aromatic heterocycles. The fourth-order valence-electron chi connectivity index (χ4n) is 3.71. The van der Waals surface area contributed by atoms with Crippen LogP contribution in [0.25, 0.3) is 0 Å². The van der Waals surface area contributed by atoms with Gasteiger partial charge >= 0.3 is 10.1 Å². The maximum absolute atomic E-state index is 13.2. The van der Waals surface area contributed by atoms with E-state index in [9.17, 15) is 18.0 Å². The average molecular weight is 600 g/mol. The first kappa shape index (κ1) is 29.8. The molecule has 0 radical (unpaired) electrons. The third kappa shape index (κ3) is 6.49. The number of nitrogens with zero attached hydrogens (tertiary/aromatic N) is 3. The van der Waals surface area contributed by atoms with Crippen molar-refractivity contribution in [3.63, 3.8) is 0 Å². The average Bonchev–Trinajstić information content (AvgIpc) is 3.11. The van der Waals surface area contributed by atoms with Crippen molar-refractivity contribution >= 4 is 50.3 Å². The number of fused-ring (bicyclic) bond motifs is 1. The van der Waals surface area contributed by atoms with Gasteiger partial charge in [0.15, 0.2) is 23.0 Å². The van der Waals surface area contributed by atoms with Gasteiger partial charge in [0.1, 0.15) is 11.5 Å². The molecule has 1 aliphatic rings. The van der Waals surface area contributed by atoms with Gasteiger partial charge in [-0.05, 0) is 25.1 Å². The summed E-state index contributed by atoms with van der Waals surface area (Å²) in [6, 6.07) is 4.57. The molecular formula is C23H30BrN5O7S. The largest absolute Gasteiger partial charge is 0.493 e. The lowest BCUT2D eigenvalue weighted by atomic mass is 10.1. The van der Waals surface area contributed by atoms with Crippen LogP contribution in [-0.4, -0.2) is 83.5 Å². The highest BCUT2D eigenvalue weighted by Gasteiger charge is 2.31. The van der Waals surface area contributed by atoms with Crippen LogP contribution in [-0.2, 0) is 16.7 Å². The predicted octanol–water partition coefficient (Wildman–Crippen LogP) is 1.85. The van der Waals surface area contributed by atoms with Crippen molar-refractivity contribution in [3.05, 3.63) is 40.7 Å². The number of amidine groups is 1. The Balaban J connectivity index is 0.00000481. The highest BCUT2D eigenvalue weighted by Crippen LogP contribution is 2.39. The second-order valence-electron chi connectivity index (χ2n) is 8.19. The number of anilines is 1. The topological polar surface area (TPSA) is 151 Å². The lowest BCUT2D eigenvalue weighted by Crippen LogP contribution is -2.31. The smallest absolute Gasteiger partial charge is 0.306 e. The molecule has 12 nitrogen and oxygen atoms in total. The Morgan fingerprint density at radius 1 is 1.22 bits per heavy atom. The number of pyridine rings is 1. The molecule has 0 fully saturated rings. The lowest BCUT2D eigenvalue weighted by Gasteiger charge is -2.21. The third-order valence-electron chi connectivity index (χ3n) is 5.34. The number of ether oxygens (including phenoxy) is 2. The first-order chi connectivity index (χ1) is 16.9. The van der Waals surface area contributed by atoms with E-state index in [1.165, 1.54) is 31.2 Å². The number of Topliss-reactive ketones (excluding diaryl/α,β-unsaturated/α-hetero) is 1. The van der Waals surface area contributed by atoms with Crippen LogP contribution in [0.4, 0.5) is 5.69 Å². The summed E-state index contributed by atoms with van der Waals surface area (Å²) in [6.45, 7) is 2.19. The van der Waals surface area contributed by atoms with Gasteiger partial charge in [-0.1, -0.05) is 0 Å². The van der Waals surface area contributed by atoms with Crippen LogP contribution in [0.1, 0.15) is 39.0 Å². The molecule has 2 N–H and O–H groups in total. The first-order valence-electron chi connectivity index (χ1n) is 10.9. The Labute approximate surface area is 226 Å². The van der Waals surface area contributed by atoms with Gasteiger partial charge in [-0.25, -0.2) is 4.98 Å². The van der Waals surface area contributed by atoms with Gasteiger partial charge in [-0.3, -0.25) is 15.0 Å². The molecule has 1 aromatic carbocycles. The van der Waals surface area contributed by atoms with E-state index in [1.54, 1.807) is 32.0 Å². The Morgan fingerprint density at radius 3 is 2.43 bits per heavy atom. The zero-order chi connectivity index (χ0) is 26.8. The predicted molar refractivity (Wildman–Crippen MR) is 143 cm³/mol. The van der Waals surface area contributed by atoms with Crippen LogP contribution in [0.5, 0.6) is 17.2 Å². The van der Waals surface area contributed by atoms with E-state index < -0.39 is 16.0 Å². The Bertz CT molecular complexity index is 1330. The summed E-state index contributed by atoms with van der Waals surface area (Å²) in [5.74, 6) is -0.424. The van der Waals surface area contributed by atoms with E-state index in [2.05, 4.69) is 10.3 Å². The van der Waals surface area contributed by atoms with E-state index >= 15 is 0 Å². The number of carbonyl (C=O) groups is 2. The second-order valence-corrected chi connectivity index (χ2v) is 9.77. The number of halogens is 1. The van der Waals surface area contributed by atoms with E-state index in [0.29, 0.717) is 29.3 Å². The molecule has 0 spiro atoms. The van der Waals surface area contributed by atoms with Gasteiger partial charge in [0, 0.05) is 38.8 Å². The highest BCUT2D eigenvalue weighted by atomic mass is 79.9. The van der Waals surface area contributed by atoms with Crippen LogP contribution < -0.4 is 23.9 Å². The number of ketones is 1. The van der Waals surface area contributed by atoms with Gasteiger partial charge in [-0.15, -0.1) is 17.0 Å². The first-order valence-corrected chi connectivity index (χ1v) is 12.8. The van der Waals surface area contributed by atoms with Crippen LogP contribution in [0, 0.1) is 5.41 Å². The minimum absolute atomic E-state index is 0. The van der Waals surface area contributed by atoms with Crippen LogP contribution >= 0.6 is 17.0 Å². The van der Waals surface area contributed by atoms with E-state index in [0.717, 1.165) is 6.26 Å². The number of nitrogens with one attached hydrogen (secondary N) is 2. The molecule has 37 heavy (non-hydrogen) atoms. The summed E-state index contributed by atoms with van der Waals surface area (Å²) in [6.07, 6.45) is 0.919. The molecule has 1 amide bonds. The third-order valence-corrected chi connectivity index (χ3v) is 5.81. The molecule has 0 bridgehead atoms. The molecule has 0 aliphatic carbocycles. The van der Waals surface area contributed by atoms with Crippen LogP contribution in [0.2, 0.25) is 0 Å². The van der Waals surface area contributed by atoms with Crippen molar-refractivity contribution < 1.29 is 31.7 Å². The fraction of sp³-hybridized carbons (Fsp3) is 0.391. The quantitative estimate of drug-likeness (QED) is 0.306. The lowest BCUT2D eigenvalue weighted by molar-refractivity contribution is 0.0949. The van der Waals surface area contributed by atoms with E-state index in [-0.39, 0.29) is 64.4 Å². The van der Waals surface area contributed by atoms with Gasteiger partial charge in [0.05, 0.1) is 32.2 Å². The second kappa shape index (κ2) is 11.8. The molecule has 3 rings (SSSR count). The molecule has 0 saturated heterocycles. The van der Waals surface area contributed by atoms with Crippen molar-refractivity contribution in [1.82, 2.24) is 15.2 Å². The summed E-state index contributed by atoms with van der Waals surface area (Å²) in [5.41, 5.74) is 1.61. The Morgan fingerprint density at radius 2 is 1.89 bits per heavy atom.